The van der Waals surface area contributed by atoms with Gasteiger partial charge in [-0.05, 0) is 23.6 Å². The van der Waals surface area contributed by atoms with Gasteiger partial charge in [-0.2, -0.15) is 9.90 Å². The van der Waals surface area contributed by atoms with Crippen LogP contribution in [0.15, 0.2) is 54.0 Å². The predicted octanol–water partition coefficient (Wildman–Crippen LogP) is 1.93. The molecule has 132 valence electrons. The third-order valence-corrected chi connectivity index (χ3v) is 5.14. The Kier molecular flexibility index (Phi) is 4.49. The lowest BCUT2D eigenvalue weighted by Crippen LogP contribution is -2.50. The van der Waals surface area contributed by atoms with Gasteiger partial charge in [0.15, 0.2) is 5.69 Å². The summed E-state index contributed by atoms with van der Waals surface area (Å²) >= 11 is 1.44. The molecule has 1 aliphatic heterocycles. The molecule has 0 unspecified atom stereocenters. The number of amides is 2. The first-order chi connectivity index (χ1) is 12.7. The van der Waals surface area contributed by atoms with E-state index in [1.165, 1.54) is 22.3 Å². The van der Waals surface area contributed by atoms with Gasteiger partial charge in [-0.25, -0.2) is 0 Å². The SMILES string of the molecule is O=C(c1cnn(-c2ccccc2)n1)N1CCN(C(=O)c2cccs2)CC1. The van der Waals surface area contributed by atoms with Crippen molar-refractivity contribution >= 4 is 23.2 Å². The van der Waals surface area contributed by atoms with E-state index in [1.807, 2.05) is 47.8 Å². The molecule has 0 radical (unpaired) electrons. The first-order valence-corrected chi connectivity index (χ1v) is 9.20. The van der Waals surface area contributed by atoms with Gasteiger partial charge in [0, 0.05) is 26.2 Å². The van der Waals surface area contributed by atoms with Gasteiger partial charge < -0.3 is 9.80 Å². The summed E-state index contributed by atoms with van der Waals surface area (Å²) in [5, 5.41) is 10.4. The number of piperazine rings is 1. The summed E-state index contributed by atoms with van der Waals surface area (Å²) in [6.07, 6.45) is 1.48. The molecule has 26 heavy (non-hydrogen) atoms. The fraction of sp³-hybridized carbons (Fsp3) is 0.222. The number of nitrogens with zero attached hydrogens (tertiary/aromatic N) is 5. The Morgan fingerprint density at radius 2 is 1.58 bits per heavy atom. The van der Waals surface area contributed by atoms with Gasteiger partial charge in [-0.15, -0.1) is 16.4 Å². The molecule has 4 rings (SSSR count). The molecule has 3 heterocycles. The van der Waals surface area contributed by atoms with Gasteiger partial charge in [0.25, 0.3) is 11.8 Å². The minimum atomic E-state index is -0.157. The smallest absolute Gasteiger partial charge is 0.276 e. The molecule has 8 heteroatoms. The second-order valence-corrected chi connectivity index (χ2v) is 6.86. The molecule has 0 bridgehead atoms. The lowest BCUT2D eigenvalue weighted by atomic mass is 10.2. The highest BCUT2D eigenvalue weighted by molar-refractivity contribution is 7.12. The first kappa shape index (κ1) is 16.5. The Bertz CT molecular complexity index is 899. The summed E-state index contributed by atoms with van der Waals surface area (Å²) in [6, 6.07) is 13.1. The molecule has 2 amide bonds. The number of benzene rings is 1. The molecule has 1 fully saturated rings. The Morgan fingerprint density at radius 3 is 2.23 bits per heavy atom. The highest BCUT2D eigenvalue weighted by Gasteiger charge is 2.27. The Balaban J connectivity index is 1.40. The van der Waals surface area contributed by atoms with Gasteiger partial charge in [0.1, 0.15) is 0 Å². The molecule has 0 N–H and O–H groups in total. The molecule has 3 aromatic rings. The van der Waals surface area contributed by atoms with Crippen LogP contribution in [0.2, 0.25) is 0 Å². The van der Waals surface area contributed by atoms with Gasteiger partial charge in [0.05, 0.1) is 16.8 Å². The molecule has 0 spiro atoms. The number of rotatable bonds is 3. The number of carbonyl (C=O) groups is 2. The number of para-hydroxylation sites is 1. The van der Waals surface area contributed by atoms with Crippen LogP contribution in [0.4, 0.5) is 0 Å². The molecule has 0 aliphatic carbocycles. The van der Waals surface area contributed by atoms with Crippen LogP contribution in [-0.2, 0) is 0 Å². The van der Waals surface area contributed by atoms with Crippen molar-refractivity contribution in [1.82, 2.24) is 24.8 Å². The third-order valence-electron chi connectivity index (χ3n) is 4.28. The van der Waals surface area contributed by atoms with E-state index in [2.05, 4.69) is 10.2 Å². The van der Waals surface area contributed by atoms with Gasteiger partial charge in [-0.3, -0.25) is 9.59 Å². The predicted molar refractivity (Wildman–Crippen MR) is 97.5 cm³/mol. The van der Waals surface area contributed by atoms with E-state index in [0.29, 0.717) is 31.9 Å². The van der Waals surface area contributed by atoms with Crippen molar-refractivity contribution in [3.63, 3.8) is 0 Å². The third kappa shape index (κ3) is 3.23. The van der Waals surface area contributed by atoms with Crippen molar-refractivity contribution in [3.05, 3.63) is 64.6 Å². The topological polar surface area (TPSA) is 71.3 Å². The van der Waals surface area contributed by atoms with Crippen molar-refractivity contribution in [2.45, 2.75) is 0 Å². The van der Waals surface area contributed by atoms with E-state index >= 15 is 0 Å². The second-order valence-electron chi connectivity index (χ2n) is 5.92. The van der Waals surface area contributed by atoms with Crippen molar-refractivity contribution in [3.8, 4) is 5.69 Å². The number of carbonyl (C=O) groups excluding carboxylic acids is 2. The normalized spacial score (nSPS) is 14.5. The Hall–Kier alpha value is -3.00. The van der Waals surface area contributed by atoms with Crippen molar-refractivity contribution < 1.29 is 9.59 Å². The first-order valence-electron chi connectivity index (χ1n) is 8.32. The molecule has 2 aromatic heterocycles. The lowest BCUT2D eigenvalue weighted by molar-refractivity contribution is 0.0534. The number of aromatic nitrogens is 3. The summed E-state index contributed by atoms with van der Waals surface area (Å²) in [6.45, 7) is 2.03. The molecule has 1 aliphatic rings. The highest BCUT2D eigenvalue weighted by Crippen LogP contribution is 2.15. The number of hydrogen-bond donors (Lipinski definition) is 0. The summed E-state index contributed by atoms with van der Waals surface area (Å²) in [7, 11) is 0. The highest BCUT2D eigenvalue weighted by atomic mass is 32.1. The molecule has 1 saturated heterocycles. The molecule has 7 nitrogen and oxygen atoms in total. The lowest BCUT2D eigenvalue weighted by Gasteiger charge is -2.34. The van der Waals surface area contributed by atoms with Crippen LogP contribution < -0.4 is 0 Å². The summed E-state index contributed by atoms with van der Waals surface area (Å²) in [5.41, 5.74) is 1.12. The molecule has 1 aromatic carbocycles. The molecule has 0 atom stereocenters. The Morgan fingerprint density at radius 1 is 0.885 bits per heavy atom. The van der Waals surface area contributed by atoms with Gasteiger partial charge in [0.2, 0.25) is 0 Å². The van der Waals surface area contributed by atoms with Crippen molar-refractivity contribution in [1.29, 1.82) is 0 Å². The van der Waals surface area contributed by atoms with Crippen LogP contribution >= 0.6 is 11.3 Å². The fourth-order valence-electron chi connectivity index (χ4n) is 2.88. The van der Waals surface area contributed by atoms with E-state index in [0.717, 1.165) is 10.6 Å². The monoisotopic (exact) mass is 367 g/mol. The minimum absolute atomic E-state index is 0.0297. The van der Waals surface area contributed by atoms with E-state index < -0.39 is 0 Å². The van der Waals surface area contributed by atoms with Crippen LogP contribution in [0.1, 0.15) is 20.2 Å². The van der Waals surface area contributed by atoms with Crippen LogP contribution in [0.25, 0.3) is 5.69 Å². The maximum atomic E-state index is 12.7. The largest absolute Gasteiger partial charge is 0.334 e. The fourth-order valence-corrected chi connectivity index (χ4v) is 3.57. The summed E-state index contributed by atoms with van der Waals surface area (Å²) in [5.74, 6) is -0.127. The average Bonchev–Trinajstić information content (AvgIpc) is 3.40. The quantitative estimate of drug-likeness (QED) is 0.709. The van der Waals surface area contributed by atoms with Gasteiger partial charge in [-0.1, -0.05) is 24.3 Å². The van der Waals surface area contributed by atoms with Crippen LogP contribution in [0.5, 0.6) is 0 Å². The maximum absolute atomic E-state index is 12.7. The molecule has 0 saturated carbocycles. The van der Waals surface area contributed by atoms with E-state index in [1.54, 1.807) is 9.80 Å². The number of thiophene rings is 1. The zero-order chi connectivity index (χ0) is 17.9. The van der Waals surface area contributed by atoms with Crippen LogP contribution in [0, 0.1) is 0 Å². The minimum Gasteiger partial charge on any atom is -0.334 e. The van der Waals surface area contributed by atoms with Crippen molar-refractivity contribution in [2.75, 3.05) is 26.2 Å². The van der Waals surface area contributed by atoms with E-state index in [-0.39, 0.29) is 11.8 Å². The number of hydrogen-bond acceptors (Lipinski definition) is 5. The van der Waals surface area contributed by atoms with Crippen molar-refractivity contribution in [2.24, 2.45) is 0 Å². The summed E-state index contributed by atoms with van der Waals surface area (Å²) < 4.78 is 0. The molecular formula is C18H17N5O2S. The zero-order valence-corrected chi connectivity index (χ0v) is 14.8. The zero-order valence-electron chi connectivity index (χ0n) is 14.0. The van der Waals surface area contributed by atoms with E-state index in [9.17, 15) is 9.59 Å². The summed E-state index contributed by atoms with van der Waals surface area (Å²) in [4.78, 5) is 30.7. The standard InChI is InChI=1S/C18H17N5O2S/c24-17(15-13-19-23(20-15)14-5-2-1-3-6-14)21-8-10-22(11-9-21)18(25)16-7-4-12-26-16/h1-7,12-13H,8-11H2. The van der Waals surface area contributed by atoms with Crippen LogP contribution in [0.3, 0.4) is 0 Å². The average molecular weight is 367 g/mol. The second kappa shape index (κ2) is 7.09. The van der Waals surface area contributed by atoms with Gasteiger partial charge >= 0.3 is 0 Å². The maximum Gasteiger partial charge on any atom is 0.276 e. The van der Waals surface area contributed by atoms with Crippen LogP contribution in [-0.4, -0.2) is 62.8 Å². The Labute approximate surface area is 154 Å². The van der Waals surface area contributed by atoms with E-state index in [4.69, 9.17) is 0 Å². The molecular weight excluding hydrogens is 350 g/mol.